The number of aryl methyl sites for hydroxylation is 3. The van der Waals surface area contributed by atoms with Gasteiger partial charge in [0.2, 0.25) is 5.91 Å². The Balaban J connectivity index is 1.68. The maximum Gasteiger partial charge on any atom is 0.241 e. The van der Waals surface area contributed by atoms with Crippen molar-refractivity contribution in [2.75, 3.05) is 13.1 Å². The molecule has 18 heavy (non-hydrogen) atoms. The largest absolute Gasteiger partial charge is 0.354 e. The average Bonchev–Trinajstić information content (AvgIpc) is 2.94. The lowest BCUT2D eigenvalue weighted by atomic mass is 10.3. The summed E-state index contributed by atoms with van der Waals surface area (Å²) in [6, 6.07) is -0.166. The quantitative estimate of drug-likeness (QED) is 0.566. The van der Waals surface area contributed by atoms with E-state index in [1.165, 1.54) is 0 Å². The number of hydrogen-bond acceptors (Lipinski definition) is 4. The number of rotatable bonds is 5. The van der Waals surface area contributed by atoms with Crippen LogP contribution in [0.1, 0.15) is 18.1 Å². The molecule has 0 saturated carbocycles. The lowest BCUT2D eigenvalue weighted by molar-refractivity contribution is -0.121. The van der Waals surface area contributed by atoms with Crippen molar-refractivity contribution in [3.63, 3.8) is 0 Å². The van der Waals surface area contributed by atoms with Gasteiger partial charge in [0.1, 0.15) is 17.7 Å². The molecule has 1 atom stereocenters. The molecule has 1 aromatic rings. The summed E-state index contributed by atoms with van der Waals surface area (Å²) >= 11 is 0. The Kier molecular flexibility index (Phi) is 4.09. The van der Waals surface area contributed by atoms with E-state index >= 15 is 0 Å². The average molecular weight is 249 g/mol. The summed E-state index contributed by atoms with van der Waals surface area (Å²) in [4.78, 5) is 15.9. The van der Waals surface area contributed by atoms with Crippen molar-refractivity contribution in [3.05, 3.63) is 23.8 Å². The monoisotopic (exact) mass is 249 g/mol. The van der Waals surface area contributed by atoms with Crippen LogP contribution in [-0.4, -0.2) is 39.8 Å². The molecule has 98 valence electrons. The first-order chi connectivity index (χ1) is 8.66. The van der Waals surface area contributed by atoms with Crippen LogP contribution in [0.5, 0.6) is 0 Å². The molecule has 6 heteroatoms. The highest BCUT2D eigenvalue weighted by atomic mass is 16.2. The van der Waals surface area contributed by atoms with Gasteiger partial charge in [0, 0.05) is 19.6 Å². The molecule has 0 bridgehead atoms. The van der Waals surface area contributed by atoms with Crippen LogP contribution in [0.2, 0.25) is 0 Å². The van der Waals surface area contributed by atoms with E-state index in [1.54, 1.807) is 0 Å². The van der Waals surface area contributed by atoms with Gasteiger partial charge in [0.25, 0.3) is 0 Å². The van der Waals surface area contributed by atoms with Gasteiger partial charge in [-0.05, 0) is 20.3 Å². The Bertz CT molecular complexity index is 451. The van der Waals surface area contributed by atoms with Crippen LogP contribution < -0.4 is 10.6 Å². The molecule has 2 rings (SSSR count). The normalized spacial score (nSPS) is 18.2. The fourth-order valence-corrected chi connectivity index (χ4v) is 1.97. The van der Waals surface area contributed by atoms with E-state index in [-0.39, 0.29) is 11.9 Å². The van der Waals surface area contributed by atoms with Crippen molar-refractivity contribution in [2.45, 2.75) is 32.9 Å². The van der Waals surface area contributed by atoms with Gasteiger partial charge in [0.15, 0.2) is 0 Å². The molecule has 0 radical (unpaired) electrons. The van der Waals surface area contributed by atoms with Crippen molar-refractivity contribution >= 4 is 5.91 Å². The molecular formula is C12H19N5O. The van der Waals surface area contributed by atoms with Crippen LogP contribution in [0.3, 0.4) is 0 Å². The first-order valence-corrected chi connectivity index (χ1v) is 6.22. The predicted molar refractivity (Wildman–Crippen MR) is 68.1 cm³/mol. The number of carbonyl (C=O) groups excluding carboxylic acids is 1. The van der Waals surface area contributed by atoms with Gasteiger partial charge in [-0.25, -0.2) is 4.98 Å². The van der Waals surface area contributed by atoms with Crippen molar-refractivity contribution in [1.29, 1.82) is 0 Å². The van der Waals surface area contributed by atoms with Crippen molar-refractivity contribution in [2.24, 2.45) is 0 Å². The number of nitrogens with one attached hydrogen (secondary N) is 2. The van der Waals surface area contributed by atoms with Gasteiger partial charge in [-0.15, -0.1) is 0 Å². The molecule has 0 aliphatic carbocycles. The minimum atomic E-state index is -0.166. The highest BCUT2D eigenvalue weighted by molar-refractivity contribution is 5.84. The molecule has 1 aliphatic rings. The molecule has 2 N–H and O–H groups in total. The molecule has 0 aromatic carbocycles. The van der Waals surface area contributed by atoms with Gasteiger partial charge in [-0.2, -0.15) is 5.10 Å². The van der Waals surface area contributed by atoms with Crippen LogP contribution in [0, 0.1) is 13.8 Å². The second-order valence-corrected chi connectivity index (χ2v) is 4.39. The Morgan fingerprint density at radius 1 is 1.61 bits per heavy atom. The number of aromatic nitrogens is 3. The Morgan fingerprint density at radius 3 is 3.06 bits per heavy atom. The van der Waals surface area contributed by atoms with Crippen LogP contribution >= 0.6 is 0 Å². The van der Waals surface area contributed by atoms with Crippen molar-refractivity contribution in [1.82, 2.24) is 25.4 Å². The van der Waals surface area contributed by atoms with Crippen LogP contribution in [0.15, 0.2) is 12.2 Å². The zero-order valence-electron chi connectivity index (χ0n) is 10.8. The molecule has 0 fully saturated rings. The minimum absolute atomic E-state index is 0.0373. The zero-order valence-corrected chi connectivity index (χ0v) is 10.8. The van der Waals surface area contributed by atoms with E-state index < -0.39 is 0 Å². The number of hydrogen-bond donors (Lipinski definition) is 2. The maximum absolute atomic E-state index is 11.7. The van der Waals surface area contributed by atoms with Gasteiger partial charge in [0.05, 0.1) is 0 Å². The van der Waals surface area contributed by atoms with Gasteiger partial charge in [-0.3, -0.25) is 14.8 Å². The topological polar surface area (TPSA) is 71.8 Å². The van der Waals surface area contributed by atoms with E-state index in [4.69, 9.17) is 0 Å². The minimum Gasteiger partial charge on any atom is -0.354 e. The molecule has 0 unspecified atom stereocenters. The summed E-state index contributed by atoms with van der Waals surface area (Å²) in [5.74, 6) is 1.74. The lowest BCUT2D eigenvalue weighted by Gasteiger charge is -2.10. The summed E-state index contributed by atoms with van der Waals surface area (Å²) < 4.78 is 1.87. The fourth-order valence-electron chi connectivity index (χ4n) is 1.97. The molecule has 1 aromatic heterocycles. The summed E-state index contributed by atoms with van der Waals surface area (Å²) in [6.07, 6.45) is 4.71. The first kappa shape index (κ1) is 12.8. The third kappa shape index (κ3) is 3.16. The van der Waals surface area contributed by atoms with Crippen LogP contribution in [0.25, 0.3) is 0 Å². The third-order valence-electron chi connectivity index (χ3n) is 2.88. The molecule has 0 saturated heterocycles. The second kappa shape index (κ2) is 5.77. The summed E-state index contributed by atoms with van der Waals surface area (Å²) in [5, 5.41) is 10.3. The number of amides is 1. The van der Waals surface area contributed by atoms with Gasteiger partial charge < -0.3 is 5.32 Å². The Morgan fingerprint density at radius 2 is 2.44 bits per heavy atom. The fraction of sp³-hybridized carbons (Fsp3) is 0.583. The van der Waals surface area contributed by atoms with Gasteiger partial charge in [-0.1, -0.05) is 12.2 Å². The summed E-state index contributed by atoms with van der Waals surface area (Å²) in [7, 11) is 0. The van der Waals surface area contributed by atoms with E-state index in [0.717, 1.165) is 31.2 Å². The van der Waals surface area contributed by atoms with E-state index in [0.29, 0.717) is 6.54 Å². The Labute approximate surface area is 106 Å². The maximum atomic E-state index is 11.7. The molecule has 1 aliphatic heterocycles. The number of carbonyl (C=O) groups is 1. The second-order valence-electron chi connectivity index (χ2n) is 4.39. The molecule has 1 amide bonds. The predicted octanol–water partition coefficient (Wildman–Crippen LogP) is -0.0708. The molecule has 2 heterocycles. The van der Waals surface area contributed by atoms with Crippen LogP contribution in [0.4, 0.5) is 0 Å². The molecule has 6 nitrogen and oxygen atoms in total. The van der Waals surface area contributed by atoms with E-state index in [1.807, 2.05) is 30.7 Å². The smallest absolute Gasteiger partial charge is 0.241 e. The lowest BCUT2D eigenvalue weighted by Crippen LogP contribution is -2.40. The summed E-state index contributed by atoms with van der Waals surface area (Å²) in [6.45, 7) is 6.02. The highest BCUT2D eigenvalue weighted by Crippen LogP contribution is 1.98. The van der Waals surface area contributed by atoms with Crippen molar-refractivity contribution < 1.29 is 4.79 Å². The Hall–Kier alpha value is -1.69. The molecule has 0 spiro atoms. The third-order valence-corrected chi connectivity index (χ3v) is 2.88. The zero-order chi connectivity index (χ0) is 13.0. The van der Waals surface area contributed by atoms with Crippen molar-refractivity contribution in [3.8, 4) is 0 Å². The SMILES string of the molecule is Cc1nc(C)n(CCCNC(=O)[C@@H]2C=CCN2)n1. The van der Waals surface area contributed by atoms with Crippen LogP contribution in [-0.2, 0) is 11.3 Å². The summed E-state index contributed by atoms with van der Waals surface area (Å²) in [5.41, 5.74) is 0. The van der Waals surface area contributed by atoms with Gasteiger partial charge >= 0.3 is 0 Å². The highest BCUT2D eigenvalue weighted by Gasteiger charge is 2.16. The van der Waals surface area contributed by atoms with E-state index in [2.05, 4.69) is 20.7 Å². The standard InChI is InChI=1S/C12H19N5O/c1-9-15-10(2)17(16-9)8-4-7-14-12(18)11-5-3-6-13-11/h3,5,11,13H,4,6-8H2,1-2H3,(H,14,18)/t11-/m0/s1. The first-order valence-electron chi connectivity index (χ1n) is 6.22. The number of nitrogens with zero attached hydrogens (tertiary/aromatic N) is 3. The molecular weight excluding hydrogens is 230 g/mol. The van der Waals surface area contributed by atoms with E-state index in [9.17, 15) is 4.79 Å².